The molecular formula is C15H11ClF3N5O. The fraction of sp³-hybridized carbons (Fsp3) is 0.133. The van der Waals surface area contributed by atoms with Gasteiger partial charge in [-0.25, -0.2) is 4.39 Å². The second kappa shape index (κ2) is 6.98. The minimum atomic E-state index is -2.93. The molecule has 0 aliphatic carbocycles. The predicted molar refractivity (Wildman–Crippen MR) is 84.2 cm³/mol. The molecule has 0 fully saturated rings. The molecule has 10 heteroatoms. The third kappa shape index (κ3) is 3.66. The van der Waals surface area contributed by atoms with Crippen molar-refractivity contribution in [3.8, 4) is 0 Å². The number of aromatic nitrogens is 4. The maximum absolute atomic E-state index is 13.8. The zero-order valence-corrected chi connectivity index (χ0v) is 13.3. The van der Waals surface area contributed by atoms with Crippen molar-refractivity contribution in [3.63, 3.8) is 0 Å². The van der Waals surface area contributed by atoms with Gasteiger partial charge in [0.05, 0.1) is 6.54 Å². The van der Waals surface area contributed by atoms with Crippen LogP contribution in [-0.2, 0) is 6.54 Å². The van der Waals surface area contributed by atoms with E-state index in [1.54, 1.807) is 6.07 Å². The Morgan fingerprint density at radius 2 is 2.08 bits per heavy atom. The summed E-state index contributed by atoms with van der Waals surface area (Å²) in [5, 5.41) is 10.1. The van der Waals surface area contributed by atoms with Crippen LogP contribution in [0.2, 0.25) is 5.02 Å². The van der Waals surface area contributed by atoms with E-state index in [0.29, 0.717) is 4.68 Å². The number of nitrogens with one attached hydrogen (secondary N) is 1. The number of rotatable bonds is 5. The van der Waals surface area contributed by atoms with E-state index < -0.39 is 18.3 Å². The number of carbonyl (C=O) groups is 1. The summed E-state index contributed by atoms with van der Waals surface area (Å²) in [4.78, 5) is 12.0. The highest BCUT2D eigenvalue weighted by molar-refractivity contribution is 6.31. The first-order chi connectivity index (χ1) is 12.0. The van der Waals surface area contributed by atoms with E-state index in [-0.39, 0.29) is 28.6 Å². The van der Waals surface area contributed by atoms with Gasteiger partial charge in [-0.15, -0.1) is 0 Å². The molecular weight excluding hydrogens is 359 g/mol. The lowest BCUT2D eigenvalue weighted by atomic mass is 10.2. The summed E-state index contributed by atoms with van der Waals surface area (Å²) < 4.78 is 40.9. The van der Waals surface area contributed by atoms with Gasteiger partial charge in [0.2, 0.25) is 0 Å². The quantitative estimate of drug-likeness (QED) is 0.747. The third-order valence-electron chi connectivity index (χ3n) is 3.35. The number of alkyl halides is 2. The molecule has 0 saturated carbocycles. The monoisotopic (exact) mass is 369 g/mol. The molecule has 0 aliphatic rings. The predicted octanol–water partition coefficient (Wildman–Crippen LogP) is 3.57. The minimum absolute atomic E-state index is 0.0519. The van der Waals surface area contributed by atoms with Gasteiger partial charge >= 0.3 is 6.55 Å². The fourth-order valence-electron chi connectivity index (χ4n) is 2.19. The molecule has 1 amide bonds. The van der Waals surface area contributed by atoms with E-state index >= 15 is 0 Å². The number of carbonyl (C=O) groups excluding carboxylic acids is 1. The summed E-state index contributed by atoms with van der Waals surface area (Å²) in [7, 11) is 0. The van der Waals surface area contributed by atoms with Crippen molar-refractivity contribution in [2.75, 3.05) is 5.32 Å². The van der Waals surface area contributed by atoms with Crippen molar-refractivity contribution >= 4 is 23.3 Å². The van der Waals surface area contributed by atoms with Crippen LogP contribution in [0.1, 0.15) is 22.6 Å². The summed E-state index contributed by atoms with van der Waals surface area (Å²) in [5.74, 6) is -1.14. The molecule has 6 nitrogen and oxygen atoms in total. The Hall–Kier alpha value is -2.81. The highest BCUT2D eigenvalue weighted by Crippen LogP contribution is 2.20. The lowest BCUT2D eigenvalue weighted by Crippen LogP contribution is -2.18. The first-order valence-corrected chi connectivity index (χ1v) is 7.43. The number of benzene rings is 1. The average Bonchev–Trinajstić information content (AvgIpc) is 3.20. The van der Waals surface area contributed by atoms with Crippen LogP contribution in [0.15, 0.2) is 42.7 Å². The van der Waals surface area contributed by atoms with Crippen LogP contribution in [0, 0.1) is 5.82 Å². The minimum Gasteiger partial charge on any atom is -0.304 e. The van der Waals surface area contributed by atoms with Gasteiger partial charge in [-0.05, 0) is 18.2 Å². The topological polar surface area (TPSA) is 64.7 Å². The summed E-state index contributed by atoms with van der Waals surface area (Å²) >= 11 is 5.95. The Kier molecular flexibility index (Phi) is 4.75. The van der Waals surface area contributed by atoms with Crippen LogP contribution >= 0.6 is 11.6 Å². The Morgan fingerprint density at radius 3 is 2.80 bits per heavy atom. The van der Waals surface area contributed by atoms with E-state index in [2.05, 4.69) is 15.5 Å². The standard InChI is InChI=1S/C15H11ClF3N5O/c16-10-2-1-3-11(17)9(10)8-23-7-5-13(22-23)21-14(25)12-4-6-20-24(12)15(18)19/h1-7,15H,8H2,(H,21,22,25). The lowest BCUT2D eigenvalue weighted by Gasteiger charge is -2.07. The molecule has 0 aliphatic heterocycles. The van der Waals surface area contributed by atoms with Crippen LogP contribution in [0.4, 0.5) is 19.0 Å². The molecule has 0 saturated heterocycles. The number of hydrogen-bond donors (Lipinski definition) is 1. The number of nitrogens with zero attached hydrogens (tertiary/aromatic N) is 4. The summed E-state index contributed by atoms with van der Waals surface area (Å²) in [6.45, 7) is -2.88. The number of anilines is 1. The van der Waals surface area contributed by atoms with Crippen molar-refractivity contribution < 1.29 is 18.0 Å². The molecule has 0 radical (unpaired) electrons. The van der Waals surface area contributed by atoms with Crippen LogP contribution in [0.3, 0.4) is 0 Å². The third-order valence-corrected chi connectivity index (χ3v) is 3.71. The second-order valence-electron chi connectivity index (χ2n) is 4.99. The Labute approximate surface area is 144 Å². The highest BCUT2D eigenvalue weighted by atomic mass is 35.5. The van der Waals surface area contributed by atoms with Crippen molar-refractivity contribution in [2.24, 2.45) is 0 Å². The first kappa shape index (κ1) is 17.0. The second-order valence-corrected chi connectivity index (χ2v) is 5.40. The maximum atomic E-state index is 13.8. The fourth-order valence-corrected chi connectivity index (χ4v) is 2.41. The van der Waals surface area contributed by atoms with E-state index in [4.69, 9.17) is 11.6 Å². The molecule has 0 unspecified atom stereocenters. The molecule has 2 aromatic heterocycles. The molecule has 1 aromatic carbocycles. The van der Waals surface area contributed by atoms with E-state index in [9.17, 15) is 18.0 Å². The van der Waals surface area contributed by atoms with Gasteiger partial charge in [0.1, 0.15) is 11.5 Å². The number of halogens is 4. The Morgan fingerprint density at radius 1 is 1.28 bits per heavy atom. The molecule has 0 atom stereocenters. The summed E-state index contributed by atoms with van der Waals surface area (Å²) in [6, 6.07) is 6.94. The van der Waals surface area contributed by atoms with Gasteiger partial charge in [-0.2, -0.15) is 23.7 Å². The molecule has 1 N–H and O–H groups in total. The SMILES string of the molecule is O=C(Nc1ccn(Cc2c(F)cccc2Cl)n1)c1ccnn1C(F)F. The summed E-state index contributed by atoms with van der Waals surface area (Å²) in [5.41, 5.74) is -0.0531. The van der Waals surface area contributed by atoms with E-state index in [1.165, 1.54) is 29.1 Å². The van der Waals surface area contributed by atoms with Gasteiger partial charge in [0.15, 0.2) is 5.82 Å². The van der Waals surface area contributed by atoms with Crippen molar-refractivity contribution in [3.05, 3.63) is 64.8 Å². The van der Waals surface area contributed by atoms with Gasteiger partial charge in [-0.3, -0.25) is 9.48 Å². The zero-order chi connectivity index (χ0) is 18.0. The van der Waals surface area contributed by atoms with Gasteiger partial charge in [0.25, 0.3) is 5.91 Å². The molecule has 2 heterocycles. The molecule has 25 heavy (non-hydrogen) atoms. The lowest BCUT2D eigenvalue weighted by molar-refractivity contribution is 0.0520. The van der Waals surface area contributed by atoms with Crippen LogP contribution < -0.4 is 5.32 Å². The summed E-state index contributed by atoms with van der Waals surface area (Å²) in [6.07, 6.45) is 2.60. The molecule has 3 rings (SSSR count). The van der Waals surface area contributed by atoms with Crippen LogP contribution in [-0.4, -0.2) is 25.5 Å². The maximum Gasteiger partial charge on any atom is 0.333 e. The van der Waals surface area contributed by atoms with Crippen molar-refractivity contribution in [2.45, 2.75) is 13.1 Å². The average molecular weight is 370 g/mol. The molecule has 130 valence electrons. The number of hydrogen-bond acceptors (Lipinski definition) is 3. The van der Waals surface area contributed by atoms with Gasteiger partial charge in [-0.1, -0.05) is 17.7 Å². The van der Waals surface area contributed by atoms with E-state index in [0.717, 1.165) is 12.3 Å². The van der Waals surface area contributed by atoms with Crippen molar-refractivity contribution in [1.29, 1.82) is 0 Å². The van der Waals surface area contributed by atoms with Gasteiger partial charge < -0.3 is 5.32 Å². The smallest absolute Gasteiger partial charge is 0.304 e. The highest BCUT2D eigenvalue weighted by Gasteiger charge is 2.18. The van der Waals surface area contributed by atoms with Crippen LogP contribution in [0.25, 0.3) is 0 Å². The van der Waals surface area contributed by atoms with E-state index in [1.807, 2.05) is 0 Å². The Bertz CT molecular complexity index is 888. The van der Waals surface area contributed by atoms with Gasteiger partial charge in [0, 0.05) is 29.0 Å². The van der Waals surface area contributed by atoms with Crippen molar-refractivity contribution in [1.82, 2.24) is 19.6 Å². The number of amides is 1. The largest absolute Gasteiger partial charge is 0.333 e. The first-order valence-electron chi connectivity index (χ1n) is 7.05. The normalized spacial score (nSPS) is 11.1. The van der Waals surface area contributed by atoms with Crippen LogP contribution in [0.5, 0.6) is 0 Å². The molecule has 0 spiro atoms. The molecule has 3 aromatic rings. The zero-order valence-electron chi connectivity index (χ0n) is 12.5. The Balaban J connectivity index is 1.74. The molecule has 0 bridgehead atoms.